The first-order valence-corrected chi connectivity index (χ1v) is 8.64. The fourth-order valence-corrected chi connectivity index (χ4v) is 2.81. The maximum atomic E-state index is 12.0. The average molecular weight is 339 g/mol. The number of thioether (sulfide) groups is 1. The van der Waals surface area contributed by atoms with Crippen molar-refractivity contribution in [3.63, 3.8) is 0 Å². The third-order valence-corrected chi connectivity index (χ3v) is 4.19. The van der Waals surface area contributed by atoms with E-state index in [2.05, 4.69) is 15.5 Å². The Hall–Kier alpha value is -2.60. The number of para-hydroxylation sites is 2. The number of nitrogens with one attached hydrogen (secondary N) is 1. The Kier molecular flexibility index (Phi) is 5.28. The van der Waals surface area contributed by atoms with E-state index in [0.29, 0.717) is 5.22 Å². The Morgan fingerprint density at radius 1 is 1.17 bits per heavy atom. The smallest absolute Gasteiger partial charge is 0.257 e. The highest BCUT2D eigenvalue weighted by atomic mass is 32.2. The summed E-state index contributed by atoms with van der Waals surface area (Å²) >= 11 is 1.25. The van der Waals surface area contributed by atoms with Gasteiger partial charge in [-0.1, -0.05) is 61.2 Å². The molecule has 0 atom stereocenters. The lowest BCUT2D eigenvalue weighted by Crippen LogP contribution is -2.21. The highest BCUT2D eigenvalue weighted by Crippen LogP contribution is 2.22. The van der Waals surface area contributed by atoms with E-state index in [-0.39, 0.29) is 11.7 Å². The van der Waals surface area contributed by atoms with Crippen LogP contribution in [-0.4, -0.2) is 22.4 Å². The Morgan fingerprint density at radius 3 is 2.67 bits per heavy atom. The quantitative estimate of drug-likeness (QED) is 0.421. The number of hydrogen-bond donors (Lipinski definition) is 1. The second-order valence-electron chi connectivity index (χ2n) is 5.05. The number of oxazole rings is 1. The molecule has 1 N–H and O–H groups in total. The molecule has 0 saturated heterocycles. The number of benzene rings is 2. The molecule has 1 heterocycles. The molecule has 6 heteroatoms. The van der Waals surface area contributed by atoms with Crippen LogP contribution >= 0.6 is 11.8 Å². The molecule has 0 fully saturated rings. The Balaban J connectivity index is 1.58. The number of carbonyl (C=O) groups is 1. The number of rotatable bonds is 6. The summed E-state index contributed by atoms with van der Waals surface area (Å²) in [6, 6.07) is 17.3. The third-order valence-electron chi connectivity index (χ3n) is 3.36. The van der Waals surface area contributed by atoms with Crippen molar-refractivity contribution in [2.45, 2.75) is 18.6 Å². The second-order valence-corrected chi connectivity index (χ2v) is 5.98. The van der Waals surface area contributed by atoms with Gasteiger partial charge in [0.2, 0.25) is 0 Å². The zero-order chi connectivity index (χ0) is 16.8. The minimum atomic E-state index is -0.191. The van der Waals surface area contributed by atoms with E-state index >= 15 is 0 Å². The van der Waals surface area contributed by atoms with Gasteiger partial charge in [0, 0.05) is 0 Å². The van der Waals surface area contributed by atoms with Gasteiger partial charge in [0.1, 0.15) is 5.52 Å². The summed E-state index contributed by atoms with van der Waals surface area (Å²) in [5.74, 6) is 0.00592. The molecule has 1 amide bonds. The van der Waals surface area contributed by atoms with Gasteiger partial charge >= 0.3 is 0 Å². The zero-order valence-corrected chi connectivity index (χ0v) is 14.0. The molecule has 2 aromatic carbocycles. The molecule has 3 rings (SSSR count). The second kappa shape index (κ2) is 7.79. The number of fused-ring (bicyclic) bond motifs is 1. The lowest BCUT2D eigenvalue weighted by atomic mass is 10.1. The Labute approximate surface area is 144 Å². The molecule has 122 valence electrons. The van der Waals surface area contributed by atoms with Gasteiger partial charge in [-0.25, -0.2) is 10.4 Å². The first-order chi connectivity index (χ1) is 11.8. The number of nitrogens with zero attached hydrogens (tertiary/aromatic N) is 2. The van der Waals surface area contributed by atoms with Gasteiger partial charge in [0.05, 0.1) is 11.5 Å². The van der Waals surface area contributed by atoms with E-state index < -0.39 is 0 Å². The van der Waals surface area contributed by atoms with Crippen LogP contribution in [0.2, 0.25) is 0 Å². The van der Waals surface area contributed by atoms with E-state index in [1.54, 1.807) is 0 Å². The van der Waals surface area contributed by atoms with Crippen molar-refractivity contribution in [3.8, 4) is 0 Å². The molecule has 1 aromatic heterocycles. The normalized spacial score (nSPS) is 11.6. The SMILES string of the molecule is CCC(=NNC(=O)CSc1nc2ccccc2o1)c1ccccc1. The van der Waals surface area contributed by atoms with Crippen LogP contribution in [-0.2, 0) is 4.79 Å². The standard InChI is InChI=1S/C18H17N3O2S/c1-2-14(13-8-4-3-5-9-13)20-21-17(22)12-24-18-19-15-10-6-7-11-16(15)23-18/h3-11H,2,12H2,1H3,(H,21,22). The fraction of sp³-hybridized carbons (Fsp3) is 0.167. The molecule has 0 bridgehead atoms. The highest BCUT2D eigenvalue weighted by molar-refractivity contribution is 7.99. The van der Waals surface area contributed by atoms with Crippen LogP contribution < -0.4 is 5.43 Å². The number of hydrogen-bond acceptors (Lipinski definition) is 5. The Morgan fingerprint density at radius 2 is 1.92 bits per heavy atom. The molecular formula is C18H17N3O2S. The van der Waals surface area contributed by atoms with Gasteiger partial charge < -0.3 is 4.42 Å². The van der Waals surface area contributed by atoms with Crippen molar-refractivity contribution in [1.29, 1.82) is 0 Å². The van der Waals surface area contributed by atoms with Crippen molar-refractivity contribution in [1.82, 2.24) is 10.4 Å². The van der Waals surface area contributed by atoms with Crippen molar-refractivity contribution >= 4 is 34.5 Å². The van der Waals surface area contributed by atoms with E-state index in [4.69, 9.17) is 4.42 Å². The molecule has 0 saturated carbocycles. The van der Waals surface area contributed by atoms with Gasteiger partial charge in [-0.3, -0.25) is 4.79 Å². The lowest BCUT2D eigenvalue weighted by Gasteiger charge is -2.04. The molecule has 0 radical (unpaired) electrons. The molecule has 0 spiro atoms. The summed E-state index contributed by atoms with van der Waals surface area (Å²) in [6.07, 6.45) is 0.739. The highest BCUT2D eigenvalue weighted by Gasteiger charge is 2.09. The molecule has 0 aliphatic carbocycles. The molecule has 3 aromatic rings. The van der Waals surface area contributed by atoms with Gasteiger partial charge in [-0.2, -0.15) is 5.10 Å². The first kappa shape index (κ1) is 16.3. The maximum absolute atomic E-state index is 12.0. The monoisotopic (exact) mass is 339 g/mol. The van der Waals surface area contributed by atoms with Gasteiger partial charge in [-0.05, 0) is 24.1 Å². The summed E-state index contributed by atoms with van der Waals surface area (Å²) < 4.78 is 5.57. The molecule has 0 aliphatic heterocycles. The molecule has 0 unspecified atom stereocenters. The largest absolute Gasteiger partial charge is 0.431 e. The molecule has 5 nitrogen and oxygen atoms in total. The van der Waals surface area contributed by atoms with E-state index in [1.807, 2.05) is 61.5 Å². The van der Waals surface area contributed by atoms with Crippen molar-refractivity contribution in [3.05, 3.63) is 60.2 Å². The van der Waals surface area contributed by atoms with Crippen LogP contribution in [0.3, 0.4) is 0 Å². The van der Waals surface area contributed by atoms with Crippen LogP contribution in [0.25, 0.3) is 11.1 Å². The van der Waals surface area contributed by atoms with Crippen LogP contribution in [0.5, 0.6) is 0 Å². The average Bonchev–Trinajstić information content (AvgIpc) is 3.04. The van der Waals surface area contributed by atoms with Crippen LogP contribution in [0.15, 0.2) is 69.3 Å². The van der Waals surface area contributed by atoms with Crippen molar-refractivity contribution < 1.29 is 9.21 Å². The number of hydrazone groups is 1. The van der Waals surface area contributed by atoms with Crippen LogP contribution in [0, 0.1) is 0 Å². The summed E-state index contributed by atoms with van der Waals surface area (Å²) in [5, 5.41) is 4.70. The van der Waals surface area contributed by atoms with Gasteiger partial charge in [-0.15, -0.1) is 0 Å². The molecule has 24 heavy (non-hydrogen) atoms. The number of aromatic nitrogens is 1. The van der Waals surface area contributed by atoms with Crippen molar-refractivity contribution in [2.75, 3.05) is 5.75 Å². The first-order valence-electron chi connectivity index (χ1n) is 7.65. The van der Waals surface area contributed by atoms with Gasteiger partial charge in [0.25, 0.3) is 11.1 Å². The van der Waals surface area contributed by atoms with E-state index in [1.165, 1.54) is 11.8 Å². The van der Waals surface area contributed by atoms with Crippen LogP contribution in [0.4, 0.5) is 0 Å². The van der Waals surface area contributed by atoms with E-state index in [9.17, 15) is 4.79 Å². The number of amides is 1. The van der Waals surface area contributed by atoms with E-state index in [0.717, 1.165) is 28.8 Å². The summed E-state index contributed by atoms with van der Waals surface area (Å²) in [6.45, 7) is 2.01. The topological polar surface area (TPSA) is 67.5 Å². The van der Waals surface area contributed by atoms with Gasteiger partial charge in [0.15, 0.2) is 5.58 Å². The summed E-state index contributed by atoms with van der Waals surface area (Å²) in [4.78, 5) is 16.3. The minimum Gasteiger partial charge on any atom is -0.431 e. The minimum absolute atomic E-state index is 0.191. The molecular weight excluding hydrogens is 322 g/mol. The summed E-state index contributed by atoms with van der Waals surface area (Å²) in [7, 11) is 0. The summed E-state index contributed by atoms with van der Waals surface area (Å²) in [5.41, 5.74) is 5.95. The maximum Gasteiger partial charge on any atom is 0.257 e. The predicted molar refractivity (Wildman–Crippen MR) is 96.1 cm³/mol. The van der Waals surface area contributed by atoms with Crippen molar-refractivity contribution in [2.24, 2.45) is 5.10 Å². The van der Waals surface area contributed by atoms with Crippen LogP contribution in [0.1, 0.15) is 18.9 Å². The fourth-order valence-electron chi connectivity index (χ4n) is 2.18. The zero-order valence-electron chi connectivity index (χ0n) is 13.2. The Bertz CT molecular complexity index is 826. The predicted octanol–water partition coefficient (Wildman–Crippen LogP) is 3.85. The third kappa shape index (κ3) is 4.02. The number of carbonyl (C=O) groups excluding carboxylic acids is 1. The molecule has 0 aliphatic rings. The lowest BCUT2D eigenvalue weighted by molar-refractivity contribution is -0.118.